The van der Waals surface area contributed by atoms with Crippen LogP contribution in [0.2, 0.25) is 0 Å². The lowest BCUT2D eigenvalue weighted by Crippen LogP contribution is -2.66. The number of hydrogen-bond donors (Lipinski definition) is 1. The molecule has 2 heterocycles. The SMILES string of the molecule is CN(C)[C@@H]1[C@@H](Nc2ccnc3ccccc23)[C@H]2CCO[C@H]21. The van der Waals surface area contributed by atoms with Crippen LogP contribution in [0, 0.1) is 5.92 Å². The predicted molar refractivity (Wildman–Crippen MR) is 84.5 cm³/mol. The number of fused-ring (bicyclic) bond motifs is 2. The third-order valence-electron chi connectivity index (χ3n) is 4.92. The molecule has 0 bridgehead atoms. The normalized spacial score (nSPS) is 31.2. The molecule has 2 aromatic rings. The van der Waals surface area contributed by atoms with Gasteiger partial charge in [-0.3, -0.25) is 4.98 Å². The highest BCUT2D eigenvalue weighted by Crippen LogP contribution is 2.43. The zero-order chi connectivity index (χ0) is 14.4. The van der Waals surface area contributed by atoms with Gasteiger partial charge in [0.1, 0.15) is 0 Å². The number of nitrogens with one attached hydrogen (secondary N) is 1. The van der Waals surface area contributed by atoms with Gasteiger partial charge in [-0.25, -0.2) is 0 Å². The third kappa shape index (κ3) is 2.01. The van der Waals surface area contributed by atoms with Crippen LogP contribution >= 0.6 is 0 Å². The Labute approximate surface area is 125 Å². The Morgan fingerprint density at radius 1 is 1.24 bits per heavy atom. The van der Waals surface area contributed by atoms with Crippen molar-refractivity contribution in [1.82, 2.24) is 9.88 Å². The van der Waals surface area contributed by atoms with Crippen molar-refractivity contribution in [1.29, 1.82) is 0 Å². The summed E-state index contributed by atoms with van der Waals surface area (Å²) in [7, 11) is 4.28. The molecule has 1 saturated heterocycles. The van der Waals surface area contributed by atoms with Crippen LogP contribution in [0.25, 0.3) is 10.9 Å². The lowest BCUT2D eigenvalue weighted by atomic mass is 9.71. The number of hydrogen-bond acceptors (Lipinski definition) is 4. The Morgan fingerprint density at radius 2 is 2.10 bits per heavy atom. The van der Waals surface area contributed by atoms with E-state index in [1.54, 1.807) is 0 Å². The van der Waals surface area contributed by atoms with E-state index in [1.165, 1.54) is 11.1 Å². The second kappa shape index (κ2) is 4.97. The minimum absolute atomic E-state index is 0.394. The molecule has 2 fully saturated rings. The Hall–Kier alpha value is -1.65. The highest BCUT2D eigenvalue weighted by Gasteiger charge is 2.54. The zero-order valence-corrected chi connectivity index (χ0v) is 12.5. The van der Waals surface area contributed by atoms with Gasteiger partial charge in [-0.05, 0) is 32.6 Å². The first-order valence-corrected chi connectivity index (χ1v) is 7.64. The van der Waals surface area contributed by atoms with Gasteiger partial charge in [0, 0.05) is 35.8 Å². The van der Waals surface area contributed by atoms with Crippen LogP contribution in [0.15, 0.2) is 36.5 Å². The number of nitrogens with zero attached hydrogens (tertiary/aromatic N) is 2. The minimum atomic E-state index is 0.394. The average Bonchev–Trinajstić information content (AvgIpc) is 2.88. The summed E-state index contributed by atoms with van der Waals surface area (Å²) in [6.45, 7) is 0.898. The summed E-state index contributed by atoms with van der Waals surface area (Å²) in [4.78, 5) is 6.72. The second-order valence-electron chi connectivity index (χ2n) is 6.29. The average molecular weight is 283 g/mol. The summed E-state index contributed by atoms with van der Waals surface area (Å²) in [6.07, 6.45) is 3.44. The fraction of sp³-hybridized carbons (Fsp3) is 0.471. The van der Waals surface area contributed by atoms with Crippen molar-refractivity contribution >= 4 is 16.6 Å². The topological polar surface area (TPSA) is 37.4 Å². The molecule has 110 valence electrons. The van der Waals surface area contributed by atoms with Crippen LogP contribution in [0.3, 0.4) is 0 Å². The Balaban J connectivity index is 1.65. The van der Waals surface area contributed by atoms with Crippen molar-refractivity contribution < 1.29 is 4.74 Å². The molecule has 2 aliphatic rings. The molecule has 4 heteroatoms. The quantitative estimate of drug-likeness (QED) is 0.938. The van der Waals surface area contributed by atoms with Crippen molar-refractivity contribution in [2.75, 3.05) is 26.0 Å². The van der Waals surface area contributed by atoms with Crippen molar-refractivity contribution in [3.63, 3.8) is 0 Å². The van der Waals surface area contributed by atoms with E-state index < -0.39 is 0 Å². The lowest BCUT2D eigenvalue weighted by molar-refractivity contribution is -0.0515. The van der Waals surface area contributed by atoms with Crippen LogP contribution in [-0.2, 0) is 4.74 Å². The smallest absolute Gasteiger partial charge is 0.0799 e. The Kier molecular flexibility index (Phi) is 3.08. The number of ether oxygens (including phenoxy) is 1. The van der Waals surface area contributed by atoms with Gasteiger partial charge in [0.05, 0.1) is 17.7 Å². The second-order valence-corrected chi connectivity index (χ2v) is 6.29. The molecule has 0 spiro atoms. The molecule has 0 radical (unpaired) electrons. The van der Waals surface area contributed by atoms with E-state index in [0.717, 1.165) is 18.5 Å². The van der Waals surface area contributed by atoms with E-state index in [9.17, 15) is 0 Å². The fourth-order valence-corrected chi connectivity index (χ4v) is 3.88. The first-order chi connectivity index (χ1) is 10.3. The monoisotopic (exact) mass is 283 g/mol. The summed E-state index contributed by atoms with van der Waals surface area (Å²) in [6, 6.07) is 11.3. The van der Waals surface area contributed by atoms with Crippen LogP contribution in [-0.4, -0.2) is 48.8 Å². The number of benzene rings is 1. The maximum atomic E-state index is 5.89. The number of para-hydroxylation sites is 1. The van der Waals surface area contributed by atoms with E-state index in [2.05, 4.69) is 53.6 Å². The van der Waals surface area contributed by atoms with E-state index in [0.29, 0.717) is 24.1 Å². The fourth-order valence-electron chi connectivity index (χ4n) is 3.88. The molecule has 0 unspecified atom stereocenters. The summed E-state index contributed by atoms with van der Waals surface area (Å²) >= 11 is 0. The highest BCUT2D eigenvalue weighted by molar-refractivity contribution is 5.91. The van der Waals surface area contributed by atoms with Gasteiger partial charge in [-0.15, -0.1) is 0 Å². The summed E-state index contributed by atoms with van der Waals surface area (Å²) in [5.41, 5.74) is 2.23. The number of anilines is 1. The number of aromatic nitrogens is 1. The van der Waals surface area contributed by atoms with Crippen LogP contribution in [0.1, 0.15) is 6.42 Å². The van der Waals surface area contributed by atoms with Crippen molar-refractivity contribution in [2.24, 2.45) is 5.92 Å². The van der Waals surface area contributed by atoms with Gasteiger partial charge in [-0.2, -0.15) is 0 Å². The van der Waals surface area contributed by atoms with E-state index in [1.807, 2.05) is 12.3 Å². The maximum absolute atomic E-state index is 5.89. The van der Waals surface area contributed by atoms with Crippen LogP contribution in [0.5, 0.6) is 0 Å². The third-order valence-corrected chi connectivity index (χ3v) is 4.92. The molecule has 0 amide bonds. The van der Waals surface area contributed by atoms with E-state index in [-0.39, 0.29) is 0 Å². The molecule has 1 saturated carbocycles. The van der Waals surface area contributed by atoms with Crippen molar-refractivity contribution in [3.05, 3.63) is 36.5 Å². The Bertz CT molecular complexity index is 652. The van der Waals surface area contributed by atoms with Gasteiger partial charge in [0.25, 0.3) is 0 Å². The lowest BCUT2D eigenvalue weighted by Gasteiger charge is -2.51. The Morgan fingerprint density at radius 3 is 2.95 bits per heavy atom. The van der Waals surface area contributed by atoms with Gasteiger partial charge >= 0.3 is 0 Å². The molecule has 4 atom stereocenters. The van der Waals surface area contributed by atoms with Gasteiger partial charge in [0.2, 0.25) is 0 Å². The molecule has 1 aliphatic carbocycles. The molecule has 1 aliphatic heterocycles. The summed E-state index contributed by atoms with van der Waals surface area (Å²) in [5, 5.41) is 4.96. The minimum Gasteiger partial charge on any atom is -0.380 e. The maximum Gasteiger partial charge on any atom is 0.0799 e. The summed E-state index contributed by atoms with van der Waals surface area (Å²) in [5.74, 6) is 0.629. The van der Waals surface area contributed by atoms with Crippen molar-refractivity contribution in [2.45, 2.75) is 24.6 Å². The van der Waals surface area contributed by atoms with Crippen LogP contribution < -0.4 is 5.32 Å². The largest absolute Gasteiger partial charge is 0.380 e. The molecular formula is C17H21N3O. The van der Waals surface area contributed by atoms with Gasteiger partial charge < -0.3 is 15.0 Å². The summed E-state index contributed by atoms with van der Waals surface area (Å²) < 4.78 is 5.89. The predicted octanol–water partition coefficient (Wildman–Crippen LogP) is 2.36. The number of rotatable bonds is 3. The van der Waals surface area contributed by atoms with E-state index >= 15 is 0 Å². The number of likely N-dealkylation sites (N-methyl/N-ethyl adjacent to an activating group) is 1. The molecule has 21 heavy (non-hydrogen) atoms. The molecular weight excluding hydrogens is 262 g/mol. The number of pyridine rings is 1. The van der Waals surface area contributed by atoms with Crippen LogP contribution in [0.4, 0.5) is 5.69 Å². The standard InChI is InChI=1S/C17H21N3O/c1-20(2)16-15(12-8-10-21-17(12)16)19-14-7-9-18-13-6-4-3-5-11(13)14/h3-7,9,12,15-17H,8,10H2,1-2H3,(H,18,19)/t12-,15+,16-,17-/m1/s1. The van der Waals surface area contributed by atoms with Gasteiger partial charge in [0.15, 0.2) is 0 Å². The van der Waals surface area contributed by atoms with E-state index in [4.69, 9.17) is 4.74 Å². The molecule has 4 nitrogen and oxygen atoms in total. The molecule has 1 N–H and O–H groups in total. The first kappa shape index (κ1) is 13.0. The molecule has 4 rings (SSSR count). The molecule has 1 aromatic carbocycles. The molecule has 1 aromatic heterocycles. The van der Waals surface area contributed by atoms with Crippen molar-refractivity contribution in [3.8, 4) is 0 Å². The van der Waals surface area contributed by atoms with Gasteiger partial charge in [-0.1, -0.05) is 18.2 Å². The highest BCUT2D eigenvalue weighted by atomic mass is 16.5. The zero-order valence-electron chi connectivity index (χ0n) is 12.5. The first-order valence-electron chi connectivity index (χ1n) is 7.64.